The zero-order chi connectivity index (χ0) is 18.4. The molecule has 0 spiro atoms. The largest absolute Gasteiger partial charge is 0.342 e. The minimum Gasteiger partial charge on any atom is -0.342 e. The van der Waals surface area contributed by atoms with Crippen LogP contribution in [0.4, 0.5) is 0 Å². The van der Waals surface area contributed by atoms with Crippen LogP contribution in [0.3, 0.4) is 0 Å². The number of carbonyl (C=O) groups excluding carboxylic acids is 1. The lowest BCUT2D eigenvalue weighted by molar-refractivity contribution is -0.116. The Balaban J connectivity index is 1.80. The highest BCUT2D eigenvalue weighted by atomic mass is 35.5. The van der Waals surface area contributed by atoms with Crippen LogP contribution in [-0.2, 0) is 4.79 Å². The summed E-state index contributed by atoms with van der Waals surface area (Å²) in [7, 11) is 0. The molecule has 0 saturated heterocycles. The normalized spacial score (nSPS) is 11.0. The number of hydrogen-bond acceptors (Lipinski definition) is 1. The van der Waals surface area contributed by atoms with Crippen LogP contribution < -0.4 is 5.32 Å². The van der Waals surface area contributed by atoms with Gasteiger partial charge in [-0.3, -0.25) is 4.79 Å². The molecule has 0 heterocycles. The Morgan fingerprint density at radius 3 is 1.96 bits per heavy atom. The highest BCUT2D eigenvalue weighted by molar-refractivity contribution is 6.35. The Bertz CT molecular complexity index is 868. The van der Waals surface area contributed by atoms with Gasteiger partial charge in [-0.05, 0) is 34.9 Å². The van der Waals surface area contributed by atoms with E-state index in [4.69, 9.17) is 23.2 Å². The molecule has 0 aliphatic carbocycles. The molecule has 0 aliphatic rings. The maximum absolute atomic E-state index is 12.5. The lowest BCUT2D eigenvalue weighted by Crippen LogP contribution is -2.27. The van der Waals surface area contributed by atoms with Crippen molar-refractivity contribution < 1.29 is 4.79 Å². The monoisotopic (exact) mass is 381 g/mol. The van der Waals surface area contributed by atoms with Crippen LogP contribution in [0.15, 0.2) is 84.9 Å². The van der Waals surface area contributed by atoms with Crippen molar-refractivity contribution in [2.75, 3.05) is 0 Å². The van der Waals surface area contributed by atoms with Gasteiger partial charge in [0.2, 0.25) is 5.91 Å². The highest BCUT2D eigenvalue weighted by Gasteiger charge is 2.15. The number of amides is 1. The molecule has 3 aromatic rings. The Morgan fingerprint density at radius 1 is 0.846 bits per heavy atom. The first-order valence-corrected chi connectivity index (χ1v) is 8.92. The van der Waals surface area contributed by atoms with Gasteiger partial charge in [0, 0.05) is 16.1 Å². The standard InChI is InChI=1S/C22H17Cl2NO/c23-19-13-11-16(20(24)15-19)12-14-21(26)25-22(17-7-3-1-4-8-17)18-9-5-2-6-10-18/h1-15,22H,(H,25,26)/b14-12+. The van der Waals surface area contributed by atoms with Gasteiger partial charge in [0.05, 0.1) is 6.04 Å². The predicted octanol–water partition coefficient (Wildman–Crippen LogP) is 5.91. The van der Waals surface area contributed by atoms with E-state index in [0.29, 0.717) is 10.0 Å². The van der Waals surface area contributed by atoms with Crippen molar-refractivity contribution in [3.63, 3.8) is 0 Å². The summed E-state index contributed by atoms with van der Waals surface area (Å²) in [6.45, 7) is 0. The summed E-state index contributed by atoms with van der Waals surface area (Å²) in [4.78, 5) is 12.5. The summed E-state index contributed by atoms with van der Waals surface area (Å²) in [5, 5.41) is 4.12. The molecule has 0 atom stereocenters. The van der Waals surface area contributed by atoms with Crippen LogP contribution in [0, 0.1) is 0 Å². The zero-order valence-corrected chi connectivity index (χ0v) is 15.4. The van der Waals surface area contributed by atoms with Crippen molar-refractivity contribution in [1.29, 1.82) is 0 Å². The molecule has 0 aliphatic heterocycles. The Hall–Kier alpha value is -2.55. The van der Waals surface area contributed by atoms with Crippen molar-refractivity contribution in [3.05, 3.63) is 112 Å². The molecule has 3 aromatic carbocycles. The molecular formula is C22H17Cl2NO. The summed E-state index contributed by atoms with van der Waals surface area (Å²) in [6.07, 6.45) is 3.16. The molecule has 0 radical (unpaired) electrons. The fourth-order valence-corrected chi connectivity index (χ4v) is 3.11. The third kappa shape index (κ3) is 4.75. The fraction of sp³-hybridized carbons (Fsp3) is 0.0455. The van der Waals surface area contributed by atoms with Crippen LogP contribution in [0.5, 0.6) is 0 Å². The number of benzene rings is 3. The number of carbonyl (C=O) groups is 1. The van der Waals surface area contributed by atoms with Gasteiger partial charge in [-0.2, -0.15) is 0 Å². The fourth-order valence-electron chi connectivity index (χ4n) is 2.64. The van der Waals surface area contributed by atoms with Crippen LogP contribution in [0.2, 0.25) is 10.0 Å². The Labute approximate surface area is 163 Å². The Kier molecular flexibility index (Phi) is 6.11. The first-order chi connectivity index (χ1) is 12.6. The van der Waals surface area contributed by atoms with E-state index in [9.17, 15) is 4.79 Å². The molecule has 0 fully saturated rings. The van der Waals surface area contributed by atoms with Gasteiger partial charge in [-0.15, -0.1) is 0 Å². The average Bonchev–Trinajstić information content (AvgIpc) is 2.67. The number of nitrogens with one attached hydrogen (secondary N) is 1. The second-order valence-electron chi connectivity index (χ2n) is 5.76. The molecule has 0 unspecified atom stereocenters. The third-order valence-electron chi connectivity index (χ3n) is 3.93. The minimum atomic E-state index is -0.227. The van der Waals surface area contributed by atoms with E-state index in [1.165, 1.54) is 6.08 Å². The van der Waals surface area contributed by atoms with Crippen molar-refractivity contribution in [2.45, 2.75) is 6.04 Å². The summed E-state index contributed by atoms with van der Waals surface area (Å²) in [5.41, 5.74) is 2.78. The third-order valence-corrected chi connectivity index (χ3v) is 4.49. The molecule has 4 heteroatoms. The molecule has 130 valence electrons. The highest BCUT2D eigenvalue weighted by Crippen LogP contribution is 2.23. The molecule has 3 rings (SSSR count). The molecule has 0 saturated carbocycles. The van der Waals surface area contributed by atoms with Gasteiger partial charge >= 0.3 is 0 Å². The van der Waals surface area contributed by atoms with E-state index < -0.39 is 0 Å². The number of hydrogen-bond donors (Lipinski definition) is 1. The SMILES string of the molecule is O=C(/C=C/c1ccc(Cl)cc1Cl)NC(c1ccccc1)c1ccccc1. The van der Waals surface area contributed by atoms with Crippen molar-refractivity contribution in [1.82, 2.24) is 5.32 Å². The van der Waals surface area contributed by atoms with Gasteiger partial charge < -0.3 is 5.32 Å². The quantitative estimate of drug-likeness (QED) is 0.546. The minimum absolute atomic E-state index is 0.200. The number of halogens is 2. The lowest BCUT2D eigenvalue weighted by Gasteiger charge is -2.19. The second-order valence-corrected chi connectivity index (χ2v) is 6.61. The van der Waals surface area contributed by atoms with Gasteiger partial charge in [0.1, 0.15) is 0 Å². The predicted molar refractivity (Wildman–Crippen MR) is 108 cm³/mol. The van der Waals surface area contributed by atoms with Gasteiger partial charge in [0.25, 0.3) is 0 Å². The maximum atomic E-state index is 12.5. The zero-order valence-electron chi connectivity index (χ0n) is 13.9. The summed E-state index contributed by atoms with van der Waals surface area (Å²) < 4.78 is 0. The van der Waals surface area contributed by atoms with Gasteiger partial charge in [-0.25, -0.2) is 0 Å². The second kappa shape index (κ2) is 8.70. The van der Waals surface area contributed by atoms with E-state index in [1.807, 2.05) is 60.7 Å². The molecule has 2 nitrogen and oxygen atoms in total. The van der Waals surface area contributed by atoms with Crippen LogP contribution in [-0.4, -0.2) is 5.91 Å². The molecule has 1 N–H and O–H groups in total. The Morgan fingerprint density at radius 2 is 1.42 bits per heavy atom. The van der Waals surface area contributed by atoms with Gasteiger partial charge in [-0.1, -0.05) is 89.9 Å². The number of rotatable bonds is 5. The first kappa shape index (κ1) is 18.2. The van der Waals surface area contributed by atoms with E-state index in [1.54, 1.807) is 24.3 Å². The van der Waals surface area contributed by atoms with Crippen LogP contribution >= 0.6 is 23.2 Å². The molecule has 0 bridgehead atoms. The van der Waals surface area contributed by atoms with E-state index in [0.717, 1.165) is 16.7 Å². The van der Waals surface area contributed by atoms with Crippen LogP contribution in [0.1, 0.15) is 22.7 Å². The van der Waals surface area contributed by atoms with Gasteiger partial charge in [0.15, 0.2) is 0 Å². The topological polar surface area (TPSA) is 29.1 Å². The molecular weight excluding hydrogens is 365 g/mol. The summed E-state index contributed by atoms with van der Waals surface area (Å²) in [5.74, 6) is -0.200. The smallest absolute Gasteiger partial charge is 0.244 e. The first-order valence-electron chi connectivity index (χ1n) is 8.17. The van der Waals surface area contributed by atoms with Crippen molar-refractivity contribution in [3.8, 4) is 0 Å². The van der Waals surface area contributed by atoms with E-state index in [-0.39, 0.29) is 11.9 Å². The molecule has 0 aromatic heterocycles. The van der Waals surface area contributed by atoms with Crippen molar-refractivity contribution in [2.24, 2.45) is 0 Å². The van der Waals surface area contributed by atoms with Crippen molar-refractivity contribution >= 4 is 35.2 Å². The molecule has 26 heavy (non-hydrogen) atoms. The lowest BCUT2D eigenvalue weighted by atomic mass is 9.98. The summed E-state index contributed by atoms with van der Waals surface area (Å²) in [6, 6.07) is 24.7. The molecule has 1 amide bonds. The van der Waals surface area contributed by atoms with E-state index >= 15 is 0 Å². The summed E-state index contributed by atoms with van der Waals surface area (Å²) >= 11 is 12.0. The van der Waals surface area contributed by atoms with E-state index in [2.05, 4.69) is 5.32 Å². The maximum Gasteiger partial charge on any atom is 0.244 e. The van der Waals surface area contributed by atoms with Crippen LogP contribution in [0.25, 0.3) is 6.08 Å². The average molecular weight is 382 g/mol.